The van der Waals surface area contributed by atoms with Crippen LogP contribution in [-0.2, 0) is 26.2 Å². The van der Waals surface area contributed by atoms with Crippen LogP contribution in [0.4, 0.5) is 5.69 Å². The van der Waals surface area contributed by atoms with E-state index in [1.807, 2.05) is 44.2 Å². The molecule has 2 amide bonds. The molecule has 33 heavy (non-hydrogen) atoms. The molecule has 0 aliphatic carbocycles. The molecular formula is C23H29Cl2N3O4S. The number of nitrogens with zero attached hydrogens (tertiary/aromatic N) is 2. The van der Waals surface area contributed by atoms with Gasteiger partial charge in [0.05, 0.1) is 22.0 Å². The molecule has 2 atom stereocenters. The number of hydrogen-bond donors (Lipinski definition) is 1. The number of rotatable bonds is 10. The van der Waals surface area contributed by atoms with Gasteiger partial charge in [0, 0.05) is 12.6 Å². The van der Waals surface area contributed by atoms with E-state index >= 15 is 0 Å². The molecule has 0 aromatic heterocycles. The molecule has 7 nitrogen and oxygen atoms in total. The summed E-state index contributed by atoms with van der Waals surface area (Å²) in [5.41, 5.74) is 0.900. The molecule has 180 valence electrons. The van der Waals surface area contributed by atoms with Crippen molar-refractivity contribution in [2.45, 2.75) is 45.8 Å². The molecule has 1 N–H and O–H groups in total. The average molecular weight is 514 g/mol. The fourth-order valence-electron chi connectivity index (χ4n) is 3.11. The van der Waals surface area contributed by atoms with Gasteiger partial charge in [-0.1, -0.05) is 66.5 Å². The molecule has 0 aliphatic rings. The average Bonchev–Trinajstić information content (AvgIpc) is 2.77. The first-order valence-electron chi connectivity index (χ1n) is 10.5. The summed E-state index contributed by atoms with van der Waals surface area (Å²) in [6, 6.07) is 12.8. The first-order chi connectivity index (χ1) is 15.5. The molecule has 2 aromatic rings. The SMILES string of the molecule is CC[C@@H](C)NC(=O)[C@H](C)N(Cc1ccccc1)C(=O)CN(c1cccc(Cl)c1Cl)S(C)(=O)=O. The summed E-state index contributed by atoms with van der Waals surface area (Å²) in [5, 5.41) is 3.07. The summed E-state index contributed by atoms with van der Waals surface area (Å²) in [5.74, 6) is -0.868. The topological polar surface area (TPSA) is 86.8 Å². The van der Waals surface area contributed by atoms with Crippen molar-refractivity contribution >= 4 is 50.7 Å². The van der Waals surface area contributed by atoms with Crippen LogP contribution in [0.1, 0.15) is 32.8 Å². The number of carbonyl (C=O) groups is 2. The summed E-state index contributed by atoms with van der Waals surface area (Å²) in [4.78, 5) is 27.6. The lowest BCUT2D eigenvalue weighted by atomic mass is 10.1. The monoisotopic (exact) mass is 513 g/mol. The molecule has 0 unspecified atom stereocenters. The fraction of sp³-hybridized carbons (Fsp3) is 0.391. The zero-order valence-corrected chi connectivity index (χ0v) is 21.4. The maximum absolute atomic E-state index is 13.4. The Morgan fingerprint density at radius 2 is 1.67 bits per heavy atom. The number of carbonyl (C=O) groups excluding carboxylic acids is 2. The van der Waals surface area contributed by atoms with Crippen LogP contribution >= 0.6 is 23.2 Å². The maximum Gasteiger partial charge on any atom is 0.244 e. The van der Waals surface area contributed by atoms with Gasteiger partial charge >= 0.3 is 0 Å². The summed E-state index contributed by atoms with van der Waals surface area (Å²) in [6.45, 7) is 5.04. The van der Waals surface area contributed by atoms with Crippen molar-refractivity contribution in [3.63, 3.8) is 0 Å². The van der Waals surface area contributed by atoms with Gasteiger partial charge in [-0.15, -0.1) is 0 Å². The molecule has 10 heteroatoms. The predicted molar refractivity (Wildman–Crippen MR) is 133 cm³/mol. The smallest absolute Gasteiger partial charge is 0.244 e. The third-order valence-electron chi connectivity index (χ3n) is 5.24. The van der Waals surface area contributed by atoms with Crippen LogP contribution in [0.25, 0.3) is 0 Å². The Kier molecular flexibility index (Phi) is 9.57. The molecule has 0 aliphatic heterocycles. The lowest BCUT2D eigenvalue weighted by Crippen LogP contribution is -2.52. The van der Waals surface area contributed by atoms with Crippen molar-refractivity contribution < 1.29 is 18.0 Å². The highest BCUT2D eigenvalue weighted by atomic mass is 35.5. The van der Waals surface area contributed by atoms with Crippen LogP contribution in [0.3, 0.4) is 0 Å². The molecule has 0 radical (unpaired) electrons. The Bertz CT molecular complexity index is 1080. The van der Waals surface area contributed by atoms with E-state index in [4.69, 9.17) is 23.2 Å². The van der Waals surface area contributed by atoms with Crippen molar-refractivity contribution in [3.05, 3.63) is 64.1 Å². The molecule has 0 spiro atoms. The standard InChI is InChI=1S/C23H29Cl2N3O4S/c1-5-16(2)26-23(30)17(3)27(14-18-10-7-6-8-11-18)21(29)15-28(33(4,31)32)20-13-9-12-19(24)22(20)25/h6-13,16-17H,5,14-15H2,1-4H3,(H,26,30)/t16-,17+/m1/s1. The summed E-state index contributed by atoms with van der Waals surface area (Å²) < 4.78 is 26.1. The van der Waals surface area contributed by atoms with Gasteiger partial charge in [0.2, 0.25) is 21.8 Å². The number of halogens is 2. The Hall–Kier alpha value is -2.29. The summed E-state index contributed by atoms with van der Waals surface area (Å²) in [7, 11) is -3.89. The third-order valence-corrected chi connectivity index (χ3v) is 7.18. The van der Waals surface area contributed by atoms with Gasteiger partial charge in [-0.3, -0.25) is 13.9 Å². The van der Waals surface area contributed by atoms with Crippen molar-refractivity contribution in [1.82, 2.24) is 10.2 Å². The van der Waals surface area contributed by atoms with Crippen molar-refractivity contribution in [1.29, 1.82) is 0 Å². The number of amides is 2. The quantitative estimate of drug-likeness (QED) is 0.518. The van der Waals surface area contributed by atoms with Gasteiger partial charge in [0.15, 0.2) is 0 Å². The number of nitrogens with one attached hydrogen (secondary N) is 1. The maximum atomic E-state index is 13.4. The molecule has 0 fully saturated rings. The van der Waals surface area contributed by atoms with Gasteiger partial charge in [-0.25, -0.2) is 8.42 Å². The van der Waals surface area contributed by atoms with Crippen molar-refractivity contribution in [2.24, 2.45) is 0 Å². The van der Waals surface area contributed by atoms with Gasteiger partial charge in [0.1, 0.15) is 12.6 Å². The second-order valence-electron chi connectivity index (χ2n) is 7.84. The largest absolute Gasteiger partial charge is 0.352 e. The lowest BCUT2D eigenvalue weighted by Gasteiger charge is -2.32. The lowest BCUT2D eigenvalue weighted by molar-refractivity contribution is -0.139. The Labute approximate surface area is 205 Å². The highest BCUT2D eigenvalue weighted by molar-refractivity contribution is 7.92. The number of sulfonamides is 1. The Morgan fingerprint density at radius 1 is 1.03 bits per heavy atom. The number of hydrogen-bond acceptors (Lipinski definition) is 4. The van der Waals surface area contributed by atoms with Crippen LogP contribution in [-0.4, -0.2) is 50.0 Å². The van der Waals surface area contributed by atoms with Gasteiger partial charge < -0.3 is 10.2 Å². The molecule has 0 saturated carbocycles. The first kappa shape index (κ1) is 27.0. The van der Waals surface area contributed by atoms with Crippen LogP contribution in [0.15, 0.2) is 48.5 Å². The van der Waals surface area contributed by atoms with Crippen molar-refractivity contribution in [2.75, 3.05) is 17.1 Å². The minimum atomic E-state index is -3.89. The van der Waals surface area contributed by atoms with E-state index in [1.165, 1.54) is 17.0 Å². The Balaban J connectivity index is 2.40. The van der Waals surface area contributed by atoms with Gasteiger partial charge in [-0.05, 0) is 38.0 Å². The van der Waals surface area contributed by atoms with Crippen LogP contribution in [0.5, 0.6) is 0 Å². The number of benzene rings is 2. The second kappa shape index (κ2) is 11.7. The van der Waals surface area contributed by atoms with E-state index < -0.39 is 28.5 Å². The summed E-state index contributed by atoms with van der Waals surface area (Å²) in [6.07, 6.45) is 1.72. The zero-order valence-electron chi connectivity index (χ0n) is 19.1. The van der Waals surface area contributed by atoms with Crippen LogP contribution < -0.4 is 9.62 Å². The minimum Gasteiger partial charge on any atom is -0.352 e. The minimum absolute atomic E-state index is 0.0227. The predicted octanol–water partition coefficient (Wildman–Crippen LogP) is 4.09. The molecule has 2 aromatic carbocycles. The fourth-order valence-corrected chi connectivity index (χ4v) is 4.41. The highest BCUT2D eigenvalue weighted by Crippen LogP contribution is 2.33. The van der Waals surface area contributed by atoms with E-state index in [9.17, 15) is 18.0 Å². The van der Waals surface area contributed by atoms with E-state index in [-0.39, 0.29) is 34.2 Å². The third kappa shape index (κ3) is 7.35. The molecule has 0 saturated heterocycles. The van der Waals surface area contributed by atoms with Gasteiger partial charge in [-0.2, -0.15) is 0 Å². The van der Waals surface area contributed by atoms with E-state index in [0.29, 0.717) is 0 Å². The first-order valence-corrected chi connectivity index (χ1v) is 13.1. The molecule has 0 bridgehead atoms. The zero-order chi connectivity index (χ0) is 24.8. The normalized spacial score (nSPS) is 13.2. The van der Waals surface area contributed by atoms with Crippen LogP contribution in [0, 0.1) is 0 Å². The van der Waals surface area contributed by atoms with Crippen LogP contribution in [0.2, 0.25) is 10.0 Å². The van der Waals surface area contributed by atoms with E-state index in [2.05, 4.69) is 5.32 Å². The molecule has 2 rings (SSSR count). The van der Waals surface area contributed by atoms with Crippen molar-refractivity contribution in [3.8, 4) is 0 Å². The molecule has 0 heterocycles. The van der Waals surface area contributed by atoms with Gasteiger partial charge in [0.25, 0.3) is 0 Å². The van der Waals surface area contributed by atoms with E-state index in [1.54, 1.807) is 13.0 Å². The molecular weight excluding hydrogens is 485 g/mol. The second-order valence-corrected chi connectivity index (χ2v) is 10.5. The summed E-state index contributed by atoms with van der Waals surface area (Å²) >= 11 is 12.3. The highest BCUT2D eigenvalue weighted by Gasteiger charge is 2.31. The van der Waals surface area contributed by atoms with E-state index in [0.717, 1.165) is 22.5 Å². The Morgan fingerprint density at radius 3 is 2.24 bits per heavy atom. The number of anilines is 1.